The summed E-state index contributed by atoms with van der Waals surface area (Å²) >= 11 is 0. The first-order valence-electron chi connectivity index (χ1n) is 6.13. The van der Waals surface area contributed by atoms with Crippen LogP contribution in [-0.4, -0.2) is 29.7 Å². The van der Waals surface area contributed by atoms with E-state index in [9.17, 15) is 4.79 Å². The van der Waals surface area contributed by atoms with Gasteiger partial charge >= 0.3 is 0 Å². The molecule has 0 fully saturated rings. The fourth-order valence-corrected chi connectivity index (χ4v) is 1.62. The summed E-state index contributed by atoms with van der Waals surface area (Å²) in [6.45, 7) is 6.66. The van der Waals surface area contributed by atoms with Gasteiger partial charge in [-0.3, -0.25) is 4.79 Å². The molecule has 0 aromatic heterocycles. The van der Waals surface area contributed by atoms with E-state index in [1.807, 2.05) is 20.8 Å². The number of aliphatic hydroxyl groups excluding tert-OH is 1. The van der Waals surface area contributed by atoms with E-state index in [1.54, 1.807) is 0 Å². The van der Waals surface area contributed by atoms with E-state index in [0.717, 1.165) is 12.8 Å². The Morgan fingerprint density at radius 2 is 2.12 bits per heavy atom. The molecule has 2 unspecified atom stereocenters. The van der Waals surface area contributed by atoms with Gasteiger partial charge < -0.3 is 16.2 Å². The normalized spacial score (nSPS) is 16.6. The maximum atomic E-state index is 11.8. The van der Waals surface area contributed by atoms with E-state index in [1.165, 1.54) is 0 Å². The molecule has 0 saturated carbocycles. The molecular formula is C12H26N2O2. The summed E-state index contributed by atoms with van der Waals surface area (Å²) in [6.07, 6.45) is 2.81. The summed E-state index contributed by atoms with van der Waals surface area (Å²) in [6, 6.07) is 0. The second kappa shape index (κ2) is 7.63. The molecule has 2 atom stereocenters. The van der Waals surface area contributed by atoms with Crippen LogP contribution in [0.15, 0.2) is 0 Å². The van der Waals surface area contributed by atoms with Gasteiger partial charge in [0.15, 0.2) is 0 Å². The molecule has 0 radical (unpaired) electrons. The molecular weight excluding hydrogens is 204 g/mol. The molecule has 0 saturated heterocycles. The molecule has 0 heterocycles. The number of hydrogen-bond donors (Lipinski definition) is 3. The van der Waals surface area contributed by atoms with E-state index in [0.29, 0.717) is 19.4 Å². The van der Waals surface area contributed by atoms with Gasteiger partial charge in [0, 0.05) is 18.6 Å². The SMILES string of the molecule is CCC(CN)CC(=O)NC(C)(CC)CCO. The van der Waals surface area contributed by atoms with Crippen molar-refractivity contribution in [3.8, 4) is 0 Å². The van der Waals surface area contributed by atoms with Gasteiger partial charge in [-0.25, -0.2) is 0 Å². The van der Waals surface area contributed by atoms with E-state index in [-0.39, 0.29) is 24.0 Å². The topological polar surface area (TPSA) is 75.4 Å². The highest BCUT2D eigenvalue weighted by Crippen LogP contribution is 2.15. The zero-order valence-electron chi connectivity index (χ0n) is 10.8. The molecule has 4 N–H and O–H groups in total. The Morgan fingerprint density at radius 3 is 2.50 bits per heavy atom. The van der Waals surface area contributed by atoms with Gasteiger partial charge in [0.25, 0.3) is 0 Å². The lowest BCUT2D eigenvalue weighted by Gasteiger charge is -2.29. The highest BCUT2D eigenvalue weighted by molar-refractivity contribution is 5.77. The largest absolute Gasteiger partial charge is 0.396 e. The summed E-state index contributed by atoms with van der Waals surface area (Å²) in [4.78, 5) is 11.8. The van der Waals surface area contributed by atoms with Crippen molar-refractivity contribution in [1.82, 2.24) is 5.32 Å². The van der Waals surface area contributed by atoms with Crippen molar-refractivity contribution in [2.24, 2.45) is 11.7 Å². The predicted octanol–water partition coefficient (Wildman–Crippen LogP) is 1.03. The molecule has 0 bridgehead atoms. The number of aliphatic hydroxyl groups is 1. The van der Waals surface area contributed by atoms with E-state index in [4.69, 9.17) is 10.8 Å². The van der Waals surface area contributed by atoms with Crippen LogP contribution in [0, 0.1) is 5.92 Å². The van der Waals surface area contributed by atoms with E-state index in [2.05, 4.69) is 5.32 Å². The molecule has 0 aromatic rings. The second-order valence-corrected chi connectivity index (χ2v) is 4.65. The Balaban J connectivity index is 4.19. The van der Waals surface area contributed by atoms with Gasteiger partial charge in [0.2, 0.25) is 5.91 Å². The van der Waals surface area contributed by atoms with Gasteiger partial charge in [0.05, 0.1) is 0 Å². The van der Waals surface area contributed by atoms with Crippen LogP contribution in [0.1, 0.15) is 46.5 Å². The van der Waals surface area contributed by atoms with Crippen LogP contribution in [0.4, 0.5) is 0 Å². The van der Waals surface area contributed by atoms with Crippen molar-refractivity contribution >= 4 is 5.91 Å². The first-order chi connectivity index (χ1) is 7.51. The fraction of sp³-hybridized carbons (Fsp3) is 0.917. The van der Waals surface area contributed by atoms with Gasteiger partial charge in [-0.15, -0.1) is 0 Å². The quantitative estimate of drug-likeness (QED) is 0.583. The minimum atomic E-state index is -0.293. The van der Waals surface area contributed by atoms with Gasteiger partial charge in [-0.05, 0) is 32.2 Å². The smallest absolute Gasteiger partial charge is 0.220 e. The lowest BCUT2D eigenvalue weighted by molar-refractivity contribution is -0.124. The van der Waals surface area contributed by atoms with Crippen LogP contribution in [-0.2, 0) is 4.79 Å². The third-order valence-corrected chi connectivity index (χ3v) is 3.27. The van der Waals surface area contributed by atoms with Crippen LogP contribution in [0.2, 0.25) is 0 Å². The monoisotopic (exact) mass is 230 g/mol. The summed E-state index contributed by atoms with van der Waals surface area (Å²) in [5.74, 6) is 0.297. The lowest BCUT2D eigenvalue weighted by atomic mass is 9.93. The molecule has 0 rings (SSSR count). The number of nitrogens with one attached hydrogen (secondary N) is 1. The standard InChI is InChI=1S/C12H26N2O2/c1-4-10(9-13)8-11(16)14-12(3,5-2)6-7-15/h10,15H,4-9,13H2,1-3H3,(H,14,16). The minimum Gasteiger partial charge on any atom is -0.396 e. The fourth-order valence-electron chi connectivity index (χ4n) is 1.62. The van der Waals surface area contributed by atoms with Crippen LogP contribution in [0.3, 0.4) is 0 Å². The van der Waals surface area contributed by atoms with E-state index < -0.39 is 0 Å². The van der Waals surface area contributed by atoms with Crippen LogP contribution < -0.4 is 11.1 Å². The molecule has 96 valence electrons. The Hall–Kier alpha value is -0.610. The van der Waals surface area contributed by atoms with Crippen molar-refractivity contribution < 1.29 is 9.90 Å². The molecule has 4 nitrogen and oxygen atoms in total. The van der Waals surface area contributed by atoms with Crippen molar-refractivity contribution in [2.75, 3.05) is 13.2 Å². The van der Waals surface area contributed by atoms with Crippen molar-refractivity contribution in [3.05, 3.63) is 0 Å². The Labute approximate surface area is 98.6 Å². The molecule has 4 heteroatoms. The van der Waals surface area contributed by atoms with Crippen LogP contribution in [0.25, 0.3) is 0 Å². The van der Waals surface area contributed by atoms with Crippen LogP contribution in [0.5, 0.6) is 0 Å². The Morgan fingerprint density at radius 1 is 1.50 bits per heavy atom. The number of rotatable bonds is 8. The van der Waals surface area contributed by atoms with Crippen molar-refractivity contribution in [3.63, 3.8) is 0 Å². The number of carbonyl (C=O) groups excluding carboxylic acids is 1. The average molecular weight is 230 g/mol. The molecule has 0 aromatic carbocycles. The molecule has 0 aliphatic rings. The molecule has 1 amide bonds. The number of amides is 1. The summed E-state index contributed by atoms with van der Waals surface area (Å²) in [5, 5.41) is 11.9. The number of carbonyl (C=O) groups is 1. The summed E-state index contributed by atoms with van der Waals surface area (Å²) in [7, 11) is 0. The molecule has 0 aliphatic heterocycles. The van der Waals surface area contributed by atoms with Crippen LogP contribution >= 0.6 is 0 Å². The zero-order valence-corrected chi connectivity index (χ0v) is 10.8. The Bertz CT molecular complexity index is 205. The first-order valence-corrected chi connectivity index (χ1v) is 6.13. The van der Waals surface area contributed by atoms with Gasteiger partial charge in [-0.1, -0.05) is 20.3 Å². The lowest BCUT2D eigenvalue weighted by Crippen LogP contribution is -2.46. The molecule has 0 spiro atoms. The molecule has 0 aliphatic carbocycles. The third kappa shape index (κ3) is 5.47. The summed E-state index contributed by atoms with van der Waals surface area (Å²) < 4.78 is 0. The zero-order chi connectivity index (χ0) is 12.6. The Kier molecular flexibility index (Phi) is 7.34. The van der Waals surface area contributed by atoms with Gasteiger partial charge in [0.1, 0.15) is 0 Å². The summed E-state index contributed by atoms with van der Waals surface area (Å²) in [5.41, 5.74) is 5.27. The third-order valence-electron chi connectivity index (χ3n) is 3.27. The van der Waals surface area contributed by atoms with Gasteiger partial charge in [-0.2, -0.15) is 0 Å². The maximum Gasteiger partial charge on any atom is 0.220 e. The highest BCUT2D eigenvalue weighted by Gasteiger charge is 2.24. The second-order valence-electron chi connectivity index (χ2n) is 4.65. The van der Waals surface area contributed by atoms with E-state index >= 15 is 0 Å². The molecule has 16 heavy (non-hydrogen) atoms. The van der Waals surface area contributed by atoms with Crippen molar-refractivity contribution in [1.29, 1.82) is 0 Å². The first kappa shape index (κ1) is 15.4. The maximum absolute atomic E-state index is 11.8. The number of nitrogens with two attached hydrogens (primary N) is 1. The number of hydrogen-bond acceptors (Lipinski definition) is 3. The van der Waals surface area contributed by atoms with Crippen molar-refractivity contribution in [2.45, 2.75) is 52.0 Å². The minimum absolute atomic E-state index is 0.0371. The predicted molar refractivity (Wildman–Crippen MR) is 66.0 cm³/mol. The highest BCUT2D eigenvalue weighted by atomic mass is 16.3. The average Bonchev–Trinajstić information content (AvgIpc) is 2.26.